The Morgan fingerprint density at radius 3 is 2.71 bits per heavy atom. The maximum Gasteiger partial charge on any atom is 0.205 e. The second kappa shape index (κ2) is 4.72. The zero-order valence-electron chi connectivity index (χ0n) is 10.4. The summed E-state index contributed by atoms with van der Waals surface area (Å²) in [6, 6.07) is 8.04. The molecule has 0 amide bonds. The lowest BCUT2D eigenvalue weighted by atomic mass is 10.2. The van der Waals surface area contributed by atoms with Crippen LogP contribution in [0.1, 0.15) is 5.56 Å². The summed E-state index contributed by atoms with van der Waals surface area (Å²) in [6.07, 6.45) is 0. The van der Waals surface area contributed by atoms with E-state index >= 15 is 0 Å². The zero-order valence-corrected chi connectivity index (χ0v) is 11.2. The van der Waals surface area contributed by atoms with Crippen molar-refractivity contribution in [1.82, 2.24) is 9.55 Å². The third kappa shape index (κ3) is 2.08. The molecular formula is C14H7ClF2N4. The van der Waals surface area contributed by atoms with E-state index in [1.807, 2.05) is 6.07 Å². The van der Waals surface area contributed by atoms with Crippen LogP contribution < -0.4 is 5.73 Å². The van der Waals surface area contributed by atoms with Gasteiger partial charge in [-0.2, -0.15) is 5.26 Å². The molecule has 0 radical (unpaired) electrons. The largest absolute Gasteiger partial charge is 0.369 e. The lowest BCUT2D eigenvalue weighted by molar-refractivity contribution is 0.626. The van der Waals surface area contributed by atoms with Crippen molar-refractivity contribution in [2.45, 2.75) is 0 Å². The first-order valence-corrected chi connectivity index (χ1v) is 6.22. The predicted molar refractivity (Wildman–Crippen MR) is 75.1 cm³/mol. The molecule has 0 saturated carbocycles. The molecule has 7 heteroatoms. The Kier molecular flexibility index (Phi) is 3.00. The van der Waals surface area contributed by atoms with Crippen molar-refractivity contribution in [3.05, 3.63) is 52.6 Å². The molecule has 0 aliphatic carbocycles. The monoisotopic (exact) mass is 304 g/mol. The van der Waals surface area contributed by atoms with Gasteiger partial charge in [-0.3, -0.25) is 4.57 Å². The fourth-order valence-corrected chi connectivity index (χ4v) is 2.30. The highest BCUT2D eigenvalue weighted by atomic mass is 35.5. The molecule has 0 saturated heterocycles. The summed E-state index contributed by atoms with van der Waals surface area (Å²) in [5.74, 6) is -1.13. The van der Waals surface area contributed by atoms with Gasteiger partial charge in [0.1, 0.15) is 17.7 Å². The molecule has 0 spiro atoms. The Balaban J connectivity index is 2.38. The Hall–Kier alpha value is -2.65. The standard InChI is InChI=1S/C14H7ClF2N4/c15-9-4-11-13(5-10(9)17)21(14(19)20-11)12-2-1-8(16)3-7(12)6-18/h1-5H,(H2,19,20). The van der Waals surface area contributed by atoms with E-state index in [-0.39, 0.29) is 16.5 Å². The summed E-state index contributed by atoms with van der Waals surface area (Å²) in [7, 11) is 0. The van der Waals surface area contributed by atoms with Gasteiger partial charge in [-0.15, -0.1) is 0 Å². The highest BCUT2D eigenvalue weighted by Crippen LogP contribution is 2.29. The van der Waals surface area contributed by atoms with Gasteiger partial charge in [0.15, 0.2) is 0 Å². The number of fused-ring (bicyclic) bond motifs is 1. The molecule has 2 aromatic carbocycles. The molecule has 21 heavy (non-hydrogen) atoms. The molecule has 2 N–H and O–H groups in total. The van der Waals surface area contributed by atoms with E-state index in [0.29, 0.717) is 16.7 Å². The molecular weight excluding hydrogens is 298 g/mol. The van der Waals surface area contributed by atoms with Gasteiger partial charge in [0, 0.05) is 6.07 Å². The van der Waals surface area contributed by atoms with Crippen molar-refractivity contribution in [2.75, 3.05) is 5.73 Å². The average molecular weight is 305 g/mol. The van der Waals surface area contributed by atoms with Gasteiger partial charge in [0.2, 0.25) is 5.95 Å². The average Bonchev–Trinajstić information content (AvgIpc) is 2.75. The first-order valence-electron chi connectivity index (χ1n) is 5.84. The Morgan fingerprint density at radius 1 is 1.24 bits per heavy atom. The molecule has 1 aromatic heterocycles. The van der Waals surface area contributed by atoms with Crippen LogP contribution in [0.4, 0.5) is 14.7 Å². The maximum absolute atomic E-state index is 13.7. The van der Waals surface area contributed by atoms with Gasteiger partial charge in [0.25, 0.3) is 0 Å². The molecule has 0 atom stereocenters. The van der Waals surface area contributed by atoms with Crippen LogP contribution in [0, 0.1) is 23.0 Å². The zero-order chi connectivity index (χ0) is 15.1. The third-order valence-electron chi connectivity index (χ3n) is 3.04. The second-order valence-corrected chi connectivity index (χ2v) is 4.74. The minimum atomic E-state index is -0.633. The van der Waals surface area contributed by atoms with Crippen LogP contribution in [0.3, 0.4) is 0 Å². The fraction of sp³-hybridized carbons (Fsp3) is 0. The minimum Gasteiger partial charge on any atom is -0.369 e. The van der Waals surface area contributed by atoms with Gasteiger partial charge in [-0.25, -0.2) is 13.8 Å². The summed E-state index contributed by atoms with van der Waals surface area (Å²) < 4.78 is 28.3. The number of anilines is 1. The van der Waals surface area contributed by atoms with Gasteiger partial charge in [0.05, 0.1) is 27.3 Å². The first kappa shape index (κ1) is 13.3. The van der Waals surface area contributed by atoms with Crippen molar-refractivity contribution in [3.8, 4) is 11.8 Å². The summed E-state index contributed by atoms with van der Waals surface area (Å²) >= 11 is 5.71. The molecule has 0 unspecified atom stereocenters. The molecule has 0 aliphatic rings. The Bertz CT molecular complexity index is 911. The van der Waals surface area contributed by atoms with Crippen molar-refractivity contribution in [2.24, 2.45) is 0 Å². The van der Waals surface area contributed by atoms with E-state index in [1.165, 1.54) is 28.8 Å². The molecule has 3 aromatic rings. The maximum atomic E-state index is 13.7. The van der Waals surface area contributed by atoms with E-state index in [0.717, 1.165) is 6.07 Å². The summed E-state index contributed by atoms with van der Waals surface area (Å²) in [4.78, 5) is 4.08. The van der Waals surface area contributed by atoms with Crippen LogP contribution >= 0.6 is 11.6 Å². The van der Waals surface area contributed by atoms with E-state index in [1.54, 1.807) is 0 Å². The van der Waals surface area contributed by atoms with E-state index < -0.39 is 11.6 Å². The number of nitriles is 1. The van der Waals surface area contributed by atoms with Gasteiger partial charge in [-0.05, 0) is 24.3 Å². The third-order valence-corrected chi connectivity index (χ3v) is 3.33. The predicted octanol–water partition coefficient (Wildman–Crippen LogP) is 3.41. The summed E-state index contributed by atoms with van der Waals surface area (Å²) in [5, 5.41) is 9.04. The molecule has 0 bridgehead atoms. The number of nitrogen functional groups attached to an aromatic ring is 1. The Labute approximate surface area is 123 Å². The number of nitrogens with zero attached hydrogens (tertiary/aromatic N) is 3. The van der Waals surface area contributed by atoms with Crippen molar-refractivity contribution in [1.29, 1.82) is 5.26 Å². The number of benzene rings is 2. The number of imidazole rings is 1. The van der Waals surface area contributed by atoms with E-state index in [4.69, 9.17) is 22.6 Å². The molecule has 3 rings (SSSR count). The van der Waals surface area contributed by atoms with Gasteiger partial charge in [-0.1, -0.05) is 11.6 Å². The van der Waals surface area contributed by atoms with Crippen LogP contribution in [-0.4, -0.2) is 9.55 Å². The first-order chi connectivity index (χ1) is 10.0. The highest BCUT2D eigenvalue weighted by Gasteiger charge is 2.16. The van der Waals surface area contributed by atoms with Gasteiger partial charge >= 0.3 is 0 Å². The van der Waals surface area contributed by atoms with Crippen LogP contribution in [-0.2, 0) is 0 Å². The molecule has 0 fully saturated rings. The van der Waals surface area contributed by atoms with E-state index in [2.05, 4.69) is 4.98 Å². The number of aromatic nitrogens is 2. The molecule has 1 heterocycles. The second-order valence-electron chi connectivity index (χ2n) is 4.33. The van der Waals surface area contributed by atoms with Crippen molar-refractivity contribution in [3.63, 3.8) is 0 Å². The van der Waals surface area contributed by atoms with Crippen molar-refractivity contribution < 1.29 is 8.78 Å². The summed E-state index contributed by atoms with van der Waals surface area (Å²) in [6.45, 7) is 0. The van der Waals surface area contributed by atoms with Crippen LogP contribution in [0.2, 0.25) is 5.02 Å². The topological polar surface area (TPSA) is 67.6 Å². The SMILES string of the molecule is N#Cc1cc(F)ccc1-n1c(N)nc2cc(Cl)c(F)cc21. The smallest absolute Gasteiger partial charge is 0.205 e. The number of hydrogen-bond acceptors (Lipinski definition) is 3. The lowest BCUT2D eigenvalue weighted by Gasteiger charge is -2.08. The number of halogens is 3. The fourth-order valence-electron chi connectivity index (χ4n) is 2.14. The highest BCUT2D eigenvalue weighted by molar-refractivity contribution is 6.31. The normalized spacial score (nSPS) is 10.8. The van der Waals surface area contributed by atoms with Gasteiger partial charge < -0.3 is 5.73 Å². The molecule has 104 valence electrons. The lowest BCUT2D eigenvalue weighted by Crippen LogP contribution is -2.03. The minimum absolute atomic E-state index is 0.0507. The quantitative estimate of drug-likeness (QED) is 0.749. The molecule has 0 aliphatic heterocycles. The number of hydrogen-bond donors (Lipinski definition) is 1. The van der Waals surface area contributed by atoms with Crippen LogP contribution in [0.25, 0.3) is 16.7 Å². The molecule has 4 nitrogen and oxygen atoms in total. The van der Waals surface area contributed by atoms with E-state index in [9.17, 15) is 8.78 Å². The number of rotatable bonds is 1. The van der Waals surface area contributed by atoms with Crippen LogP contribution in [0.15, 0.2) is 30.3 Å². The summed E-state index contributed by atoms with van der Waals surface area (Å²) in [5.41, 5.74) is 6.94. The Morgan fingerprint density at radius 2 is 2.00 bits per heavy atom. The van der Waals surface area contributed by atoms with Crippen LogP contribution in [0.5, 0.6) is 0 Å². The van der Waals surface area contributed by atoms with Crippen molar-refractivity contribution >= 4 is 28.6 Å². The number of nitrogens with two attached hydrogens (primary N) is 1.